The molecule has 1 aromatic heterocycles. The lowest BCUT2D eigenvalue weighted by Gasteiger charge is -2.14. The zero-order valence-corrected chi connectivity index (χ0v) is 12.0. The summed E-state index contributed by atoms with van der Waals surface area (Å²) in [7, 11) is 0. The summed E-state index contributed by atoms with van der Waals surface area (Å²) in [6, 6.07) is 7.50. The fourth-order valence-electron chi connectivity index (χ4n) is 2.96. The molecule has 3 heterocycles. The molecule has 0 radical (unpaired) electrons. The number of nitrogens with zero attached hydrogens (tertiary/aromatic N) is 1. The Morgan fingerprint density at radius 2 is 2.14 bits per heavy atom. The highest BCUT2D eigenvalue weighted by Gasteiger charge is 2.33. The number of nitrogen functional groups attached to an aromatic ring is 1. The van der Waals surface area contributed by atoms with E-state index in [4.69, 9.17) is 5.73 Å². The molecule has 0 fully saturated rings. The number of aromatic nitrogens is 1. The zero-order chi connectivity index (χ0) is 15.3. The van der Waals surface area contributed by atoms with E-state index in [1.165, 1.54) is 0 Å². The van der Waals surface area contributed by atoms with Crippen molar-refractivity contribution in [3.63, 3.8) is 0 Å². The average molecular weight is 293 g/mol. The number of aryl methyl sites for hydroxylation is 1. The van der Waals surface area contributed by atoms with Gasteiger partial charge in [0.15, 0.2) is 0 Å². The molecule has 1 unspecified atom stereocenters. The minimum atomic E-state index is -0.195. The number of anilines is 2. The molecule has 1 aromatic carbocycles. The van der Waals surface area contributed by atoms with Crippen LogP contribution < -0.4 is 21.9 Å². The number of nitrogens with two attached hydrogens (primary N) is 1. The highest BCUT2D eigenvalue weighted by molar-refractivity contribution is 6.06. The van der Waals surface area contributed by atoms with Crippen LogP contribution in [0.5, 0.6) is 0 Å². The first-order valence-corrected chi connectivity index (χ1v) is 7.02. The monoisotopic (exact) mass is 293 g/mol. The van der Waals surface area contributed by atoms with Crippen LogP contribution in [0.3, 0.4) is 0 Å². The number of amides is 1. The van der Waals surface area contributed by atoms with Crippen molar-refractivity contribution in [2.45, 2.75) is 13.0 Å². The maximum absolute atomic E-state index is 12.2. The summed E-state index contributed by atoms with van der Waals surface area (Å²) in [5, 5.41) is 3.43. The van der Waals surface area contributed by atoms with Gasteiger partial charge < -0.3 is 16.5 Å². The Balaban J connectivity index is 1.88. The van der Waals surface area contributed by atoms with Crippen LogP contribution in [0.15, 0.2) is 36.7 Å². The van der Waals surface area contributed by atoms with Crippen molar-refractivity contribution in [1.82, 2.24) is 15.8 Å². The van der Waals surface area contributed by atoms with Gasteiger partial charge in [0.1, 0.15) is 0 Å². The van der Waals surface area contributed by atoms with E-state index in [0.29, 0.717) is 11.3 Å². The standard InChI is InChI=1S/C16H15N5O/c1-8-2-3-9(6-18-8)15-12-7-19-21-16(22)11-4-10(17)5-13(20-15)14(11)12/h2-7,15,19-20H,17H2,1H3,(H,21,22). The van der Waals surface area contributed by atoms with E-state index >= 15 is 0 Å². The summed E-state index contributed by atoms with van der Waals surface area (Å²) >= 11 is 0. The quantitative estimate of drug-likeness (QED) is 0.601. The van der Waals surface area contributed by atoms with Crippen LogP contribution in [0.2, 0.25) is 0 Å². The Labute approximate surface area is 127 Å². The first kappa shape index (κ1) is 12.7. The van der Waals surface area contributed by atoms with E-state index in [-0.39, 0.29) is 11.9 Å². The Morgan fingerprint density at radius 1 is 1.27 bits per heavy atom. The van der Waals surface area contributed by atoms with Gasteiger partial charge in [0.2, 0.25) is 0 Å². The van der Waals surface area contributed by atoms with E-state index in [1.807, 2.05) is 37.5 Å². The average Bonchev–Trinajstić information content (AvgIpc) is 2.76. The van der Waals surface area contributed by atoms with Gasteiger partial charge in [-0.25, -0.2) is 0 Å². The third kappa shape index (κ3) is 1.81. The number of nitrogens with one attached hydrogen (secondary N) is 3. The fraction of sp³-hybridized carbons (Fsp3) is 0.125. The third-order valence-electron chi connectivity index (χ3n) is 3.99. The largest absolute Gasteiger partial charge is 0.399 e. The summed E-state index contributed by atoms with van der Waals surface area (Å²) < 4.78 is 0. The van der Waals surface area contributed by atoms with Gasteiger partial charge >= 0.3 is 0 Å². The first-order valence-electron chi connectivity index (χ1n) is 7.02. The Kier molecular flexibility index (Phi) is 2.59. The molecular weight excluding hydrogens is 278 g/mol. The van der Waals surface area contributed by atoms with Gasteiger partial charge in [-0.3, -0.25) is 15.2 Å². The normalized spacial score (nSPS) is 18.5. The number of benzene rings is 1. The summed E-state index contributed by atoms with van der Waals surface area (Å²) in [5.41, 5.74) is 17.3. The lowest BCUT2D eigenvalue weighted by Crippen LogP contribution is -2.32. The summed E-state index contributed by atoms with van der Waals surface area (Å²) in [4.78, 5) is 16.5. The van der Waals surface area contributed by atoms with Crippen LogP contribution in [0.4, 0.5) is 11.4 Å². The predicted molar refractivity (Wildman–Crippen MR) is 84.8 cm³/mol. The maximum atomic E-state index is 12.2. The van der Waals surface area contributed by atoms with Crippen LogP contribution in [0, 0.1) is 6.92 Å². The van der Waals surface area contributed by atoms with Crippen LogP contribution >= 0.6 is 0 Å². The number of carbonyl (C=O) groups is 1. The van der Waals surface area contributed by atoms with Crippen molar-refractivity contribution in [3.8, 4) is 0 Å². The molecule has 6 heteroatoms. The molecule has 22 heavy (non-hydrogen) atoms. The van der Waals surface area contributed by atoms with Crippen molar-refractivity contribution >= 4 is 22.9 Å². The second-order valence-corrected chi connectivity index (χ2v) is 5.50. The van der Waals surface area contributed by atoms with E-state index in [0.717, 1.165) is 28.1 Å². The van der Waals surface area contributed by atoms with Crippen molar-refractivity contribution in [3.05, 3.63) is 59.0 Å². The molecule has 1 atom stereocenters. The van der Waals surface area contributed by atoms with Gasteiger partial charge in [-0.1, -0.05) is 6.07 Å². The molecule has 0 aliphatic carbocycles. The van der Waals surface area contributed by atoms with Gasteiger partial charge in [0.05, 0.1) is 11.6 Å². The van der Waals surface area contributed by atoms with Crippen molar-refractivity contribution < 1.29 is 4.79 Å². The highest BCUT2D eigenvalue weighted by atomic mass is 16.2. The number of hydrogen-bond donors (Lipinski definition) is 4. The topological polar surface area (TPSA) is 92.1 Å². The summed E-state index contributed by atoms with van der Waals surface area (Å²) in [6.45, 7) is 1.95. The van der Waals surface area contributed by atoms with Gasteiger partial charge in [0.25, 0.3) is 5.91 Å². The predicted octanol–water partition coefficient (Wildman–Crippen LogP) is 1.73. The number of pyridine rings is 1. The Bertz CT molecular complexity index is 810. The Morgan fingerprint density at radius 3 is 2.91 bits per heavy atom. The molecule has 2 aliphatic heterocycles. The number of carbonyl (C=O) groups excluding carboxylic acids is 1. The van der Waals surface area contributed by atoms with Gasteiger partial charge in [-0.05, 0) is 30.7 Å². The van der Waals surface area contributed by atoms with Gasteiger partial charge in [-0.2, -0.15) is 0 Å². The molecule has 0 bridgehead atoms. The van der Waals surface area contributed by atoms with Gasteiger partial charge in [0, 0.05) is 40.6 Å². The van der Waals surface area contributed by atoms with E-state index in [2.05, 4.69) is 21.2 Å². The highest BCUT2D eigenvalue weighted by Crippen LogP contribution is 2.46. The maximum Gasteiger partial charge on any atom is 0.270 e. The summed E-state index contributed by atoms with van der Waals surface area (Å²) in [5.74, 6) is -0.195. The molecular formula is C16H15N5O. The molecule has 0 saturated carbocycles. The second kappa shape index (κ2) is 4.49. The molecule has 4 rings (SSSR count). The Hall–Kier alpha value is -3.02. The molecule has 6 nitrogen and oxygen atoms in total. The third-order valence-corrected chi connectivity index (χ3v) is 3.99. The van der Waals surface area contributed by atoms with E-state index < -0.39 is 0 Å². The lowest BCUT2D eigenvalue weighted by molar-refractivity contribution is 0.0942. The minimum Gasteiger partial charge on any atom is -0.399 e. The van der Waals surface area contributed by atoms with Gasteiger partial charge in [-0.15, -0.1) is 0 Å². The van der Waals surface area contributed by atoms with E-state index in [1.54, 1.807) is 6.07 Å². The van der Waals surface area contributed by atoms with Crippen molar-refractivity contribution in [2.24, 2.45) is 0 Å². The molecule has 0 spiro atoms. The molecule has 0 saturated heterocycles. The molecule has 5 N–H and O–H groups in total. The smallest absolute Gasteiger partial charge is 0.270 e. The molecule has 2 aliphatic rings. The molecule has 110 valence electrons. The van der Waals surface area contributed by atoms with Crippen LogP contribution in [-0.4, -0.2) is 10.9 Å². The van der Waals surface area contributed by atoms with Crippen LogP contribution in [-0.2, 0) is 0 Å². The molecule has 1 amide bonds. The first-order chi connectivity index (χ1) is 10.6. The van der Waals surface area contributed by atoms with E-state index in [9.17, 15) is 4.79 Å². The fourth-order valence-corrected chi connectivity index (χ4v) is 2.96. The number of rotatable bonds is 1. The van der Waals surface area contributed by atoms with Crippen molar-refractivity contribution in [1.29, 1.82) is 0 Å². The minimum absolute atomic E-state index is 0.0659. The molecule has 2 aromatic rings. The SMILES string of the molecule is Cc1ccc(C2Nc3cc(N)cc4c3C2=CNNC4=O)cn1. The lowest BCUT2D eigenvalue weighted by atomic mass is 9.94. The zero-order valence-electron chi connectivity index (χ0n) is 12.0. The summed E-state index contributed by atoms with van der Waals surface area (Å²) in [6.07, 6.45) is 3.66. The van der Waals surface area contributed by atoms with Crippen LogP contribution in [0.25, 0.3) is 5.57 Å². The van der Waals surface area contributed by atoms with Crippen LogP contribution in [0.1, 0.15) is 33.2 Å². The second-order valence-electron chi connectivity index (χ2n) is 5.50. The number of hydrogen-bond acceptors (Lipinski definition) is 5. The number of hydrazine groups is 1. The van der Waals surface area contributed by atoms with Crippen molar-refractivity contribution in [2.75, 3.05) is 11.1 Å².